The van der Waals surface area contributed by atoms with E-state index in [1.54, 1.807) is 7.11 Å². The number of ether oxygens (including phenoxy) is 1. The summed E-state index contributed by atoms with van der Waals surface area (Å²) in [7, 11) is 1.72. The molecule has 0 unspecified atom stereocenters. The summed E-state index contributed by atoms with van der Waals surface area (Å²) >= 11 is 3.39. The number of hydrogen-bond acceptors (Lipinski definition) is 3. The molecule has 0 aliphatic carbocycles. The van der Waals surface area contributed by atoms with Crippen LogP contribution in [0.3, 0.4) is 0 Å². The van der Waals surface area contributed by atoms with Gasteiger partial charge in [0.2, 0.25) is 0 Å². The summed E-state index contributed by atoms with van der Waals surface area (Å²) in [4.78, 5) is 4.37. The number of allylic oxidation sites excluding steroid dienone is 1. The Bertz CT molecular complexity index is 363. The summed E-state index contributed by atoms with van der Waals surface area (Å²) in [5.41, 5.74) is 2.47. The maximum absolute atomic E-state index is 4.97. The molecule has 1 N–H and O–H groups in total. The molecular formula is C14H21BrN2O. The van der Waals surface area contributed by atoms with E-state index in [9.17, 15) is 0 Å². The maximum Gasteiger partial charge on any atom is 0.0587 e. The molecule has 1 aromatic rings. The number of methoxy groups -OCH3 is 1. The summed E-state index contributed by atoms with van der Waals surface area (Å²) in [5.74, 6) is 0. The fraction of sp³-hybridized carbons (Fsp3) is 0.500. The second kappa shape index (κ2) is 9.25. The number of nitrogens with zero attached hydrogens (tertiary/aromatic N) is 1. The molecule has 0 amide bonds. The Labute approximate surface area is 118 Å². The number of nitrogens with one attached hydrogen (secondary N) is 1. The molecule has 0 aliphatic rings. The van der Waals surface area contributed by atoms with Crippen LogP contribution in [0, 0.1) is 0 Å². The van der Waals surface area contributed by atoms with E-state index in [2.05, 4.69) is 45.3 Å². The van der Waals surface area contributed by atoms with Crippen LogP contribution in [-0.2, 0) is 11.2 Å². The minimum Gasteiger partial charge on any atom is -0.383 e. The summed E-state index contributed by atoms with van der Waals surface area (Å²) in [5, 5.41) is 3.32. The molecule has 3 nitrogen and oxygen atoms in total. The number of aromatic nitrogens is 1. The van der Waals surface area contributed by atoms with Crippen molar-refractivity contribution in [2.45, 2.75) is 19.8 Å². The average molecular weight is 313 g/mol. The third kappa shape index (κ3) is 6.89. The fourth-order valence-corrected chi connectivity index (χ4v) is 1.82. The third-order valence-electron chi connectivity index (χ3n) is 2.55. The molecule has 1 aromatic heterocycles. The molecule has 1 rings (SSSR count). The van der Waals surface area contributed by atoms with Crippen LogP contribution >= 0.6 is 15.9 Å². The van der Waals surface area contributed by atoms with Crippen molar-refractivity contribution in [1.82, 2.24) is 10.3 Å². The maximum atomic E-state index is 4.97. The van der Waals surface area contributed by atoms with Gasteiger partial charge in [-0.25, -0.2) is 0 Å². The van der Waals surface area contributed by atoms with Crippen molar-refractivity contribution < 1.29 is 4.74 Å². The van der Waals surface area contributed by atoms with Gasteiger partial charge >= 0.3 is 0 Å². The standard InChI is InChI=1S/C14H21BrN2O/c1-12(4-3-7-16-8-9-18-2)10-14-6-5-13(15)11-17-14/h4-6,11,16H,3,7-10H2,1-2H3/b12-4-. The minimum absolute atomic E-state index is 0.769. The van der Waals surface area contributed by atoms with Crippen molar-refractivity contribution in [3.63, 3.8) is 0 Å². The first-order valence-electron chi connectivity index (χ1n) is 6.18. The molecule has 0 atom stereocenters. The van der Waals surface area contributed by atoms with Gasteiger partial charge in [-0.05, 0) is 48.0 Å². The molecule has 100 valence electrons. The van der Waals surface area contributed by atoms with E-state index in [1.165, 1.54) is 5.57 Å². The van der Waals surface area contributed by atoms with Gasteiger partial charge in [0, 0.05) is 36.4 Å². The SMILES string of the molecule is COCCNCC/C=C(/C)Cc1ccc(Br)cn1. The van der Waals surface area contributed by atoms with Crippen LogP contribution in [0.4, 0.5) is 0 Å². The first kappa shape index (κ1) is 15.3. The molecule has 0 saturated heterocycles. The zero-order valence-electron chi connectivity index (χ0n) is 11.1. The van der Waals surface area contributed by atoms with Gasteiger partial charge in [0.1, 0.15) is 0 Å². The van der Waals surface area contributed by atoms with Gasteiger partial charge in [-0.2, -0.15) is 0 Å². The van der Waals surface area contributed by atoms with Gasteiger partial charge in [0.15, 0.2) is 0 Å². The highest BCUT2D eigenvalue weighted by Gasteiger charge is 1.96. The zero-order valence-corrected chi connectivity index (χ0v) is 12.7. The first-order valence-corrected chi connectivity index (χ1v) is 6.97. The molecule has 1 heterocycles. The normalized spacial score (nSPS) is 11.8. The van der Waals surface area contributed by atoms with Crippen LogP contribution in [0.25, 0.3) is 0 Å². The fourth-order valence-electron chi connectivity index (χ4n) is 1.59. The third-order valence-corrected chi connectivity index (χ3v) is 3.01. The van der Waals surface area contributed by atoms with Crippen molar-refractivity contribution in [1.29, 1.82) is 0 Å². The Kier molecular flexibility index (Phi) is 7.89. The summed E-state index contributed by atoms with van der Waals surface area (Å²) in [6.07, 6.45) is 6.08. The van der Waals surface area contributed by atoms with E-state index < -0.39 is 0 Å². The predicted octanol–water partition coefficient (Wildman–Crippen LogP) is 2.96. The Morgan fingerprint density at radius 3 is 2.94 bits per heavy atom. The number of halogens is 1. The highest BCUT2D eigenvalue weighted by atomic mass is 79.9. The number of rotatable bonds is 8. The molecule has 0 aromatic carbocycles. The van der Waals surface area contributed by atoms with Gasteiger partial charge in [0.05, 0.1) is 6.61 Å². The van der Waals surface area contributed by atoms with E-state index >= 15 is 0 Å². The molecule has 0 spiro atoms. The molecule has 0 aliphatic heterocycles. The lowest BCUT2D eigenvalue weighted by Gasteiger charge is -2.03. The first-order chi connectivity index (χ1) is 8.72. The zero-order chi connectivity index (χ0) is 13.2. The van der Waals surface area contributed by atoms with Gasteiger partial charge in [0.25, 0.3) is 0 Å². The summed E-state index contributed by atoms with van der Waals surface area (Å²) in [6.45, 7) is 4.83. The largest absolute Gasteiger partial charge is 0.383 e. The minimum atomic E-state index is 0.769. The highest BCUT2D eigenvalue weighted by molar-refractivity contribution is 9.10. The second-order valence-corrected chi connectivity index (χ2v) is 5.14. The highest BCUT2D eigenvalue weighted by Crippen LogP contribution is 2.10. The van der Waals surface area contributed by atoms with E-state index in [0.717, 1.165) is 42.7 Å². The number of pyridine rings is 1. The predicted molar refractivity (Wildman–Crippen MR) is 78.8 cm³/mol. The van der Waals surface area contributed by atoms with E-state index in [0.29, 0.717) is 0 Å². The Balaban J connectivity index is 2.23. The van der Waals surface area contributed by atoms with Gasteiger partial charge in [-0.15, -0.1) is 0 Å². The van der Waals surface area contributed by atoms with Crippen LogP contribution in [0.5, 0.6) is 0 Å². The lowest BCUT2D eigenvalue weighted by Crippen LogP contribution is -2.19. The summed E-state index contributed by atoms with van der Waals surface area (Å²) in [6, 6.07) is 4.08. The molecule has 0 bridgehead atoms. The molecule has 0 saturated carbocycles. The Morgan fingerprint density at radius 2 is 2.28 bits per heavy atom. The van der Waals surface area contributed by atoms with Crippen molar-refractivity contribution in [2.75, 3.05) is 26.8 Å². The van der Waals surface area contributed by atoms with E-state index in [4.69, 9.17) is 4.74 Å². The molecule has 18 heavy (non-hydrogen) atoms. The molecule has 4 heteroatoms. The van der Waals surface area contributed by atoms with Crippen LogP contribution in [0.2, 0.25) is 0 Å². The van der Waals surface area contributed by atoms with E-state index in [-0.39, 0.29) is 0 Å². The second-order valence-electron chi connectivity index (χ2n) is 4.23. The van der Waals surface area contributed by atoms with Crippen LogP contribution in [-0.4, -0.2) is 31.8 Å². The van der Waals surface area contributed by atoms with Crippen molar-refractivity contribution in [3.05, 3.63) is 40.1 Å². The molecule has 0 fully saturated rings. The Hall–Kier alpha value is -0.710. The van der Waals surface area contributed by atoms with Crippen molar-refractivity contribution in [2.24, 2.45) is 0 Å². The summed E-state index contributed by atoms with van der Waals surface area (Å²) < 4.78 is 5.99. The molecular weight excluding hydrogens is 292 g/mol. The van der Waals surface area contributed by atoms with Gasteiger partial charge in [-0.1, -0.05) is 11.6 Å². The van der Waals surface area contributed by atoms with E-state index in [1.807, 2.05) is 12.3 Å². The topological polar surface area (TPSA) is 34.1 Å². The van der Waals surface area contributed by atoms with Crippen LogP contribution in [0.15, 0.2) is 34.5 Å². The van der Waals surface area contributed by atoms with Gasteiger partial charge in [-0.3, -0.25) is 4.98 Å². The Morgan fingerprint density at radius 1 is 1.44 bits per heavy atom. The monoisotopic (exact) mass is 312 g/mol. The smallest absolute Gasteiger partial charge is 0.0587 e. The van der Waals surface area contributed by atoms with Crippen molar-refractivity contribution >= 4 is 15.9 Å². The molecule has 0 radical (unpaired) electrons. The van der Waals surface area contributed by atoms with Crippen LogP contribution < -0.4 is 5.32 Å². The lowest BCUT2D eigenvalue weighted by atomic mass is 10.1. The average Bonchev–Trinajstić information content (AvgIpc) is 2.36. The number of hydrogen-bond donors (Lipinski definition) is 1. The van der Waals surface area contributed by atoms with Crippen LogP contribution in [0.1, 0.15) is 19.0 Å². The quantitative estimate of drug-likeness (QED) is 0.592. The van der Waals surface area contributed by atoms with Crippen molar-refractivity contribution in [3.8, 4) is 0 Å². The van der Waals surface area contributed by atoms with Gasteiger partial charge < -0.3 is 10.1 Å². The lowest BCUT2D eigenvalue weighted by molar-refractivity contribution is 0.199.